The highest BCUT2D eigenvalue weighted by molar-refractivity contribution is 5.89. The van der Waals surface area contributed by atoms with Crippen LogP contribution in [0.1, 0.15) is 30.7 Å². The lowest BCUT2D eigenvalue weighted by Gasteiger charge is -2.32. The Morgan fingerprint density at radius 3 is 2.61 bits per heavy atom. The molecule has 2 unspecified atom stereocenters. The zero-order chi connectivity index (χ0) is 15.8. The van der Waals surface area contributed by atoms with E-state index in [1.54, 1.807) is 0 Å². The molecule has 2 aromatic carbocycles. The second-order valence-corrected chi connectivity index (χ2v) is 6.91. The summed E-state index contributed by atoms with van der Waals surface area (Å²) in [6.45, 7) is 1.81. The molecule has 1 heterocycles. The monoisotopic (exact) mass is 308 g/mol. The smallest absolute Gasteiger partial charge is 0.226 e. The van der Waals surface area contributed by atoms with Gasteiger partial charge in [-0.15, -0.1) is 0 Å². The number of carbonyl (C=O) groups is 1. The molecule has 0 spiro atoms. The van der Waals surface area contributed by atoms with Gasteiger partial charge in [0.2, 0.25) is 5.91 Å². The molecule has 3 nitrogen and oxygen atoms in total. The zero-order valence-electron chi connectivity index (χ0n) is 13.7. The van der Waals surface area contributed by atoms with Crippen molar-refractivity contribution >= 4 is 16.7 Å². The van der Waals surface area contributed by atoms with Gasteiger partial charge in [0.05, 0.1) is 0 Å². The number of likely N-dealkylation sites (tertiary alicyclic amines) is 1. The number of nitrogens with zero attached hydrogens (tertiary/aromatic N) is 1. The van der Waals surface area contributed by atoms with Crippen molar-refractivity contribution in [2.75, 3.05) is 20.1 Å². The Kier molecular flexibility index (Phi) is 3.82. The second-order valence-electron chi connectivity index (χ2n) is 6.91. The van der Waals surface area contributed by atoms with Crippen LogP contribution < -0.4 is 5.32 Å². The minimum absolute atomic E-state index is 0.201. The van der Waals surface area contributed by atoms with Crippen LogP contribution in [-0.4, -0.2) is 37.0 Å². The minimum atomic E-state index is 0.201. The van der Waals surface area contributed by atoms with Gasteiger partial charge in [0.15, 0.2) is 0 Å². The summed E-state index contributed by atoms with van der Waals surface area (Å²) in [6.07, 6.45) is 3.17. The van der Waals surface area contributed by atoms with Crippen LogP contribution >= 0.6 is 0 Å². The Labute approximate surface area is 137 Å². The van der Waals surface area contributed by atoms with E-state index in [1.807, 2.05) is 7.05 Å². The average Bonchev–Trinajstić information content (AvgIpc) is 3.41. The lowest BCUT2D eigenvalue weighted by Crippen LogP contribution is -2.44. The molecule has 23 heavy (non-hydrogen) atoms. The molecule has 1 aliphatic carbocycles. The van der Waals surface area contributed by atoms with Gasteiger partial charge in [0.25, 0.3) is 0 Å². The first kappa shape index (κ1) is 14.7. The first-order valence-electron chi connectivity index (χ1n) is 8.71. The Balaban J connectivity index is 1.48. The number of carbonyl (C=O) groups excluding carboxylic acids is 1. The van der Waals surface area contributed by atoms with Crippen LogP contribution in [0, 0.1) is 5.92 Å². The Hall–Kier alpha value is -1.87. The SMILES string of the molecule is CNC1CCN(C(=O)C2CC2c2cccc3ccccc23)CC1. The molecule has 2 atom stereocenters. The number of hydrogen-bond acceptors (Lipinski definition) is 2. The van der Waals surface area contributed by atoms with Crippen molar-refractivity contribution in [3.63, 3.8) is 0 Å². The molecule has 1 saturated heterocycles. The lowest BCUT2D eigenvalue weighted by molar-refractivity contribution is -0.133. The largest absolute Gasteiger partial charge is 0.342 e. The number of nitrogens with one attached hydrogen (secondary N) is 1. The Bertz CT molecular complexity index is 713. The van der Waals surface area contributed by atoms with Gasteiger partial charge in [0, 0.05) is 25.0 Å². The van der Waals surface area contributed by atoms with E-state index < -0.39 is 0 Å². The molecule has 1 saturated carbocycles. The summed E-state index contributed by atoms with van der Waals surface area (Å²) in [4.78, 5) is 14.9. The number of rotatable bonds is 3. The maximum Gasteiger partial charge on any atom is 0.226 e. The van der Waals surface area contributed by atoms with Crippen molar-refractivity contribution in [3.8, 4) is 0 Å². The third kappa shape index (κ3) is 2.74. The van der Waals surface area contributed by atoms with Crippen molar-refractivity contribution < 1.29 is 4.79 Å². The number of benzene rings is 2. The van der Waals surface area contributed by atoms with Gasteiger partial charge >= 0.3 is 0 Å². The number of hydrogen-bond donors (Lipinski definition) is 1. The van der Waals surface area contributed by atoms with Crippen LogP contribution in [0.4, 0.5) is 0 Å². The maximum absolute atomic E-state index is 12.8. The highest BCUT2D eigenvalue weighted by Gasteiger charge is 2.46. The average molecular weight is 308 g/mol. The molecular weight excluding hydrogens is 284 g/mol. The lowest BCUT2D eigenvalue weighted by atomic mass is 9.99. The highest BCUT2D eigenvalue weighted by atomic mass is 16.2. The van der Waals surface area contributed by atoms with E-state index in [9.17, 15) is 4.79 Å². The molecule has 2 fully saturated rings. The molecule has 4 rings (SSSR count). The topological polar surface area (TPSA) is 32.3 Å². The summed E-state index contributed by atoms with van der Waals surface area (Å²) in [5, 5.41) is 5.91. The summed E-state index contributed by atoms with van der Waals surface area (Å²) >= 11 is 0. The first-order valence-corrected chi connectivity index (χ1v) is 8.71. The van der Waals surface area contributed by atoms with E-state index >= 15 is 0 Å². The molecule has 1 N–H and O–H groups in total. The van der Waals surface area contributed by atoms with Crippen molar-refractivity contribution in [1.82, 2.24) is 10.2 Å². The molecular formula is C20H24N2O. The summed E-state index contributed by atoms with van der Waals surface area (Å²) < 4.78 is 0. The molecule has 3 heteroatoms. The third-order valence-electron chi connectivity index (χ3n) is 5.55. The standard InChI is InChI=1S/C20H24N2O/c1-21-15-9-11-22(12-10-15)20(23)19-13-18(19)17-8-4-6-14-5-2-3-7-16(14)17/h2-8,15,18-19,21H,9-13H2,1H3. The van der Waals surface area contributed by atoms with Gasteiger partial charge in [-0.2, -0.15) is 0 Å². The fourth-order valence-electron chi connectivity index (χ4n) is 4.01. The number of amides is 1. The van der Waals surface area contributed by atoms with Crippen LogP contribution in [0.2, 0.25) is 0 Å². The van der Waals surface area contributed by atoms with E-state index in [4.69, 9.17) is 0 Å². The van der Waals surface area contributed by atoms with E-state index in [2.05, 4.69) is 52.7 Å². The summed E-state index contributed by atoms with van der Waals surface area (Å²) in [5.74, 6) is 0.986. The van der Waals surface area contributed by atoms with Crippen LogP contribution in [0.5, 0.6) is 0 Å². The number of fused-ring (bicyclic) bond motifs is 1. The van der Waals surface area contributed by atoms with Crippen molar-refractivity contribution in [1.29, 1.82) is 0 Å². The maximum atomic E-state index is 12.8. The third-order valence-corrected chi connectivity index (χ3v) is 5.55. The van der Waals surface area contributed by atoms with Crippen molar-refractivity contribution in [2.24, 2.45) is 5.92 Å². The van der Waals surface area contributed by atoms with Gasteiger partial charge in [-0.25, -0.2) is 0 Å². The van der Waals surface area contributed by atoms with E-state index in [0.717, 1.165) is 32.4 Å². The van der Waals surface area contributed by atoms with E-state index in [0.29, 0.717) is 17.9 Å². The van der Waals surface area contributed by atoms with Crippen LogP contribution in [-0.2, 0) is 4.79 Å². The molecule has 0 bridgehead atoms. The molecule has 2 aliphatic rings. The van der Waals surface area contributed by atoms with Crippen LogP contribution in [0.25, 0.3) is 10.8 Å². The van der Waals surface area contributed by atoms with Gasteiger partial charge in [-0.3, -0.25) is 4.79 Å². The van der Waals surface area contributed by atoms with Crippen LogP contribution in [0.3, 0.4) is 0 Å². The van der Waals surface area contributed by atoms with E-state index in [1.165, 1.54) is 16.3 Å². The quantitative estimate of drug-likeness (QED) is 0.944. The molecule has 0 aromatic heterocycles. The molecule has 2 aromatic rings. The second kappa shape index (κ2) is 5.97. The predicted molar refractivity (Wildman–Crippen MR) is 93.5 cm³/mol. The summed E-state index contributed by atoms with van der Waals surface area (Å²) in [5.41, 5.74) is 1.35. The fraction of sp³-hybridized carbons (Fsp3) is 0.450. The van der Waals surface area contributed by atoms with Gasteiger partial charge < -0.3 is 10.2 Å². The molecule has 120 valence electrons. The summed E-state index contributed by atoms with van der Waals surface area (Å²) in [6, 6.07) is 15.6. The van der Waals surface area contributed by atoms with Crippen molar-refractivity contribution in [2.45, 2.75) is 31.2 Å². The van der Waals surface area contributed by atoms with Gasteiger partial charge in [-0.05, 0) is 48.6 Å². The normalized spacial score (nSPS) is 24.8. The van der Waals surface area contributed by atoms with Gasteiger partial charge in [-0.1, -0.05) is 42.5 Å². The predicted octanol–water partition coefficient (Wildman–Crippen LogP) is 3.15. The fourth-order valence-corrected chi connectivity index (χ4v) is 4.01. The van der Waals surface area contributed by atoms with Crippen molar-refractivity contribution in [3.05, 3.63) is 48.0 Å². The molecule has 0 radical (unpaired) electrons. The number of piperidine rings is 1. The molecule has 1 amide bonds. The Morgan fingerprint density at radius 2 is 1.83 bits per heavy atom. The molecule has 1 aliphatic heterocycles. The van der Waals surface area contributed by atoms with E-state index in [-0.39, 0.29) is 5.92 Å². The first-order chi connectivity index (χ1) is 11.3. The van der Waals surface area contributed by atoms with Crippen LogP contribution in [0.15, 0.2) is 42.5 Å². The Morgan fingerprint density at radius 1 is 1.09 bits per heavy atom. The van der Waals surface area contributed by atoms with Gasteiger partial charge in [0.1, 0.15) is 0 Å². The highest BCUT2D eigenvalue weighted by Crippen LogP contribution is 2.50. The zero-order valence-corrected chi connectivity index (χ0v) is 13.7. The minimum Gasteiger partial charge on any atom is -0.342 e. The summed E-state index contributed by atoms with van der Waals surface area (Å²) in [7, 11) is 2.01.